The van der Waals surface area contributed by atoms with Gasteiger partial charge in [0.1, 0.15) is 0 Å². The number of piperidine rings is 1. The number of hydrogen-bond acceptors (Lipinski definition) is 5. The minimum atomic E-state index is -0.356. The van der Waals surface area contributed by atoms with Gasteiger partial charge in [-0.15, -0.1) is 5.10 Å². The fraction of sp³-hybridized carbons (Fsp3) is 0.800. The lowest BCUT2D eigenvalue weighted by Gasteiger charge is -2.28. The SMILES string of the molecule is COC(=O)c1nnn(C2CCCCC2)c1C1CCNCC1. The first-order valence-corrected chi connectivity index (χ1v) is 8.05. The molecule has 1 N–H and O–H groups in total. The molecule has 1 saturated heterocycles. The molecule has 1 saturated carbocycles. The number of nitrogens with zero attached hydrogens (tertiary/aromatic N) is 3. The molecule has 116 valence electrons. The molecule has 0 aromatic carbocycles. The second-order valence-corrected chi connectivity index (χ2v) is 6.08. The van der Waals surface area contributed by atoms with E-state index in [0.717, 1.165) is 44.5 Å². The molecule has 1 aromatic rings. The summed E-state index contributed by atoms with van der Waals surface area (Å²) in [6.45, 7) is 1.97. The third-order valence-corrected chi connectivity index (χ3v) is 4.76. The first kappa shape index (κ1) is 14.5. The molecule has 2 heterocycles. The smallest absolute Gasteiger partial charge is 0.360 e. The van der Waals surface area contributed by atoms with Crippen molar-refractivity contribution >= 4 is 5.97 Å². The van der Waals surface area contributed by atoms with Crippen LogP contribution in [0.1, 0.15) is 73.1 Å². The topological polar surface area (TPSA) is 69.0 Å². The Kier molecular flexibility index (Phi) is 4.53. The quantitative estimate of drug-likeness (QED) is 0.863. The highest BCUT2D eigenvalue weighted by atomic mass is 16.5. The van der Waals surface area contributed by atoms with Gasteiger partial charge in [-0.1, -0.05) is 24.5 Å². The molecule has 2 aliphatic rings. The Hall–Kier alpha value is -1.43. The largest absolute Gasteiger partial charge is 0.464 e. The molecular formula is C15H24N4O2. The third kappa shape index (κ3) is 2.95. The van der Waals surface area contributed by atoms with Crippen LogP contribution in [-0.4, -0.2) is 41.2 Å². The van der Waals surface area contributed by atoms with Gasteiger partial charge in [0.2, 0.25) is 0 Å². The minimum Gasteiger partial charge on any atom is -0.464 e. The maximum Gasteiger partial charge on any atom is 0.360 e. The van der Waals surface area contributed by atoms with Crippen LogP contribution in [0.15, 0.2) is 0 Å². The van der Waals surface area contributed by atoms with Crippen molar-refractivity contribution in [1.29, 1.82) is 0 Å². The van der Waals surface area contributed by atoms with Crippen LogP contribution in [0.25, 0.3) is 0 Å². The highest BCUT2D eigenvalue weighted by Gasteiger charge is 2.31. The maximum atomic E-state index is 12.0. The van der Waals surface area contributed by atoms with Crippen LogP contribution >= 0.6 is 0 Å². The molecule has 1 aliphatic heterocycles. The van der Waals surface area contributed by atoms with Gasteiger partial charge in [-0.2, -0.15) is 0 Å². The Bertz CT molecular complexity index is 488. The number of ether oxygens (including phenoxy) is 1. The summed E-state index contributed by atoms with van der Waals surface area (Å²) in [6.07, 6.45) is 8.13. The van der Waals surface area contributed by atoms with Gasteiger partial charge in [0.05, 0.1) is 18.8 Å². The van der Waals surface area contributed by atoms with Gasteiger partial charge in [0.15, 0.2) is 5.69 Å². The molecule has 0 atom stereocenters. The van der Waals surface area contributed by atoms with Crippen molar-refractivity contribution in [3.8, 4) is 0 Å². The number of methoxy groups -OCH3 is 1. The summed E-state index contributed by atoms with van der Waals surface area (Å²) in [5.41, 5.74) is 1.44. The summed E-state index contributed by atoms with van der Waals surface area (Å²) in [6, 6.07) is 0.398. The fourth-order valence-electron chi connectivity index (χ4n) is 3.61. The monoisotopic (exact) mass is 292 g/mol. The van der Waals surface area contributed by atoms with Crippen molar-refractivity contribution in [1.82, 2.24) is 20.3 Å². The molecule has 0 amide bonds. The van der Waals surface area contributed by atoms with Crippen molar-refractivity contribution in [3.05, 3.63) is 11.4 Å². The lowest BCUT2D eigenvalue weighted by Crippen LogP contribution is -2.29. The zero-order valence-corrected chi connectivity index (χ0v) is 12.7. The minimum absolute atomic E-state index is 0.356. The van der Waals surface area contributed by atoms with E-state index in [1.807, 2.05) is 4.68 Å². The summed E-state index contributed by atoms with van der Waals surface area (Å²) < 4.78 is 6.94. The molecular weight excluding hydrogens is 268 g/mol. The Labute approximate surface area is 125 Å². The standard InChI is InChI=1S/C15H24N4O2/c1-21-15(20)13-14(11-7-9-16-10-8-11)19(18-17-13)12-5-3-2-4-6-12/h11-12,16H,2-10H2,1H3. The summed E-state index contributed by atoms with van der Waals surface area (Å²) in [7, 11) is 1.41. The van der Waals surface area contributed by atoms with Crippen LogP contribution in [0.3, 0.4) is 0 Å². The van der Waals surface area contributed by atoms with Crippen LogP contribution in [0.4, 0.5) is 0 Å². The van der Waals surface area contributed by atoms with E-state index in [9.17, 15) is 4.79 Å². The number of esters is 1. The van der Waals surface area contributed by atoms with E-state index >= 15 is 0 Å². The molecule has 1 aromatic heterocycles. The van der Waals surface area contributed by atoms with Crippen LogP contribution in [0, 0.1) is 0 Å². The molecule has 0 bridgehead atoms. The Morgan fingerprint density at radius 1 is 1.19 bits per heavy atom. The summed E-state index contributed by atoms with van der Waals surface area (Å²) >= 11 is 0. The summed E-state index contributed by atoms with van der Waals surface area (Å²) in [5.74, 6) is 0.00266. The third-order valence-electron chi connectivity index (χ3n) is 4.76. The van der Waals surface area contributed by atoms with Gasteiger partial charge < -0.3 is 10.1 Å². The molecule has 6 nitrogen and oxygen atoms in total. The second-order valence-electron chi connectivity index (χ2n) is 6.08. The molecule has 1 aliphatic carbocycles. The van der Waals surface area contributed by atoms with E-state index in [1.54, 1.807) is 0 Å². The van der Waals surface area contributed by atoms with E-state index in [2.05, 4.69) is 15.6 Å². The predicted molar refractivity (Wildman–Crippen MR) is 78.3 cm³/mol. The van der Waals surface area contributed by atoms with Crippen LogP contribution < -0.4 is 5.32 Å². The summed E-state index contributed by atoms with van der Waals surface area (Å²) in [4.78, 5) is 12.0. The average Bonchev–Trinajstić information content (AvgIpc) is 3.00. The number of rotatable bonds is 3. The van der Waals surface area contributed by atoms with Crippen LogP contribution in [-0.2, 0) is 4.74 Å². The lowest BCUT2D eigenvalue weighted by atomic mass is 9.90. The Balaban J connectivity index is 1.94. The molecule has 0 unspecified atom stereocenters. The van der Waals surface area contributed by atoms with Gasteiger partial charge >= 0.3 is 5.97 Å². The van der Waals surface area contributed by atoms with Gasteiger partial charge in [-0.3, -0.25) is 0 Å². The number of carbonyl (C=O) groups is 1. The highest BCUT2D eigenvalue weighted by Crippen LogP contribution is 2.34. The number of nitrogens with one attached hydrogen (secondary N) is 1. The zero-order chi connectivity index (χ0) is 14.7. The van der Waals surface area contributed by atoms with Gasteiger partial charge in [0, 0.05) is 5.92 Å². The fourth-order valence-corrected chi connectivity index (χ4v) is 3.61. The van der Waals surface area contributed by atoms with E-state index in [0.29, 0.717) is 17.7 Å². The first-order chi connectivity index (χ1) is 10.3. The molecule has 0 radical (unpaired) electrons. The van der Waals surface area contributed by atoms with Crippen LogP contribution in [0.5, 0.6) is 0 Å². The Morgan fingerprint density at radius 2 is 1.90 bits per heavy atom. The number of aromatic nitrogens is 3. The Morgan fingerprint density at radius 3 is 2.57 bits per heavy atom. The molecule has 21 heavy (non-hydrogen) atoms. The van der Waals surface area contributed by atoms with Crippen LogP contribution in [0.2, 0.25) is 0 Å². The normalized spacial score (nSPS) is 21.4. The van der Waals surface area contributed by atoms with Crippen molar-refractivity contribution < 1.29 is 9.53 Å². The number of hydrogen-bond donors (Lipinski definition) is 1. The zero-order valence-electron chi connectivity index (χ0n) is 12.7. The van der Waals surface area contributed by atoms with E-state index in [-0.39, 0.29) is 5.97 Å². The van der Waals surface area contributed by atoms with Crippen molar-refractivity contribution in [2.45, 2.75) is 56.9 Å². The molecule has 6 heteroatoms. The summed E-state index contributed by atoms with van der Waals surface area (Å²) in [5, 5.41) is 11.9. The van der Waals surface area contributed by atoms with E-state index in [4.69, 9.17) is 4.74 Å². The molecule has 0 spiro atoms. The van der Waals surface area contributed by atoms with Gasteiger partial charge in [0.25, 0.3) is 0 Å². The average molecular weight is 292 g/mol. The predicted octanol–water partition coefficient (Wildman–Crippen LogP) is 2.04. The molecule has 2 fully saturated rings. The first-order valence-electron chi connectivity index (χ1n) is 8.05. The van der Waals surface area contributed by atoms with Gasteiger partial charge in [-0.05, 0) is 38.8 Å². The van der Waals surface area contributed by atoms with Crippen molar-refractivity contribution in [2.75, 3.05) is 20.2 Å². The second kappa shape index (κ2) is 6.56. The van der Waals surface area contributed by atoms with Gasteiger partial charge in [-0.25, -0.2) is 9.48 Å². The maximum absolute atomic E-state index is 12.0. The van der Waals surface area contributed by atoms with E-state index < -0.39 is 0 Å². The van der Waals surface area contributed by atoms with Crippen molar-refractivity contribution in [2.24, 2.45) is 0 Å². The molecule has 3 rings (SSSR count). The number of carbonyl (C=O) groups excluding carboxylic acids is 1. The highest BCUT2D eigenvalue weighted by molar-refractivity contribution is 5.88. The van der Waals surface area contributed by atoms with E-state index in [1.165, 1.54) is 26.4 Å². The lowest BCUT2D eigenvalue weighted by molar-refractivity contribution is 0.0591. The van der Waals surface area contributed by atoms with Crippen molar-refractivity contribution in [3.63, 3.8) is 0 Å².